The van der Waals surface area contributed by atoms with Gasteiger partial charge in [-0.05, 0) is 43.3 Å². The Labute approximate surface area is 184 Å². The number of carbonyl (C=O) groups excluding carboxylic acids is 2. The second kappa shape index (κ2) is 9.56. The molecule has 0 saturated carbocycles. The monoisotopic (exact) mass is 437 g/mol. The molecule has 166 valence electrons. The van der Waals surface area contributed by atoms with Gasteiger partial charge in [0.05, 0.1) is 11.7 Å². The number of amides is 3. The number of rotatable bonds is 5. The summed E-state index contributed by atoms with van der Waals surface area (Å²) in [4.78, 5) is 33.3. The summed E-state index contributed by atoms with van der Waals surface area (Å²) in [7, 11) is 0. The number of pyridine rings is 1. The molecule has 2 N–H and O–H groups in total. The van der Waals surface area contributed by atoms with Crippen molar-refractivity contribution >= 4 is 23.3 Å². The Hall–Kier alpha value is -3.79. The van der Waals surface area contributed by atoms with E-state index in [1.165, 1.54) is 12.1 Å². The lowest BCUT2D eigenvalue weighted by atomic mass is 10.2. The number of piperazine rings is 1. The minimum atomic E-state index is -0.409. The zero-order chi connectivity index (χ0) is 22.5. The van der Waals surface area contributed by atoms with Gasteiger partial charge in [-0.3, -0.25) is 9.69 Å². The molecule has 9 nitrogen and oxygen atoms in total. The second-order valence-corrected chi connectivity index (χ2v) is 7.45. The van der Waals surface area contributed by atoms with E-state index >= 15 is 0 Å². The van der Waals surface area contributed by atoms with Crippen molar-refractivity contribution in [3.05, 3.63) is 66.9 Å². The third kappa shape index (κ3) is 4.92. The molecule has 3 heterocycles. The molecule has 2 aromatic heterocycles. The first-order valence-corrected chi connectivity index (χ1v) is 10.3. The highest BCUT2D eigenvalue weighted by Gasteiger charge is 2.28. The minimum absolute atomic E-state index is 0.215. The maximum Gasteiger partial charge on any atom is 0.322 e. The lowest BCUT2D eigenvalue weighted by molar-refractivity contribution is -0.121. The van der Waals surface area contributed by atoms with Crippen molar-refractivity contribution in [2.75, 3.05) is 36.8 Å². The van der Waals surface area contributed by atoms with Crippen molar-refractivity contribution in [1.29, 1.82) is 0 Å². The molecule has 3 aromatic rings. The zero-order valence-electron chi connectivity index (χ0n) is 17.6. The van der Waals surface area contributed by atoms with Gasteiger partial charge in [0.25, 0.3) is 0 Å². The van der Waals surface area contributed by atoms with Gasteiger partial charge < -0.3 is 15.5 Å². The number of carbonyl (C=O) groups is 2. The predicted molar refractivity (Wildman–Crippen MR) is 118 cm³/mol. The van der Waals surface area contributed by atoms with E-state index in [2.05, 4.69) is 20.7 Å². The fourth-order valence-corrected chi connectivity index (χ4v) is 3.56. The van der Waals surface area contributed by atoms with Crippen LogP contribution in [0.2, 0.25) is 0 Å². The van der Waals surface area contributed by atoms with E-state index in [9.17, 15) is 14.0 Å². The highest BCUT2D eigenvalue weighted by molar-refractivity contribution is 5.94. The van der Waals surface area contributed by atoms with Crippen LogP contribution < -0.4 is 10.6 Å². The van der Waals surface area contributed by atoms with Crippen LogP contribution in [0.3, 0.4) is 0 Å². The summed E-state index contributed by atoms with van der Waals surface area (Å²) in [6.07, 6.45) is 5.04. The van der Waals surface area contributed by atoms with E-state index in [-0.39, 0.29) is 11.9 Å². The average molecular weight is 437 g/mol. The van der Waals surface area contributed by atoms with Crippen LogP contribution >= 0.6 is 0 Å². The van der Waals surface area contributed by atoms with Gasteiger partial charge in [0.15, 0.2) is 5.82 Å². The van der Waals surface area contributed by atoms with Crippen molar-refractivity contribution in [2.24, 2.45) is 0 Å². The summed E-state index contributed by atoms with van der Waals surface area (Å²) in [5.74, 6) is -0.0840. The second-order valence-electron chi connectivity index (χ2n) is 7.45. The van der Waals surface area contributed by atoms with Crippen molar-refractivity contribution in [3.63, 3.8) is 0 Å². The van der Waals surface area contributed by atoms with Crippen LogP contribution in [0.5, 0.6) is 0 Å². The molecular weight excluding hydrogens is 413 g/mol. The number of hydrogen-bond donors (Lipinski definition) is 2. The van der Waals surface area contributed by atoms with Gasteiger partial charge in [-0.25, -0.2) is 18.9 Å². The number of anilines is 2. The quantitative estimate of drug-likeness (QED) is 0.640. The van der Waals surface area contributed by atoms with Crippen LogP contribution in [-0.4, -0.2) is 68.7 Å². The minimum Gasteiger partial charge on any atom is -0.325 e. The van der Waals surface area contributed by atoms with Crippen molar-refractivity contribution in [3.8, 4) is 5.82 Å². The number of urea groups is 1. The van der Waals surface area contributed by atoms with Crippen LogP contribution in [-0.2, 0) is 4.79 Å². The third-order valence-electron chi connectivity index (χ3n) is 5.37. The molecule has 1 aliphatic heterocycles. The fourth-order valence-electron chi connectivity index (χ4n) is 3.56. The summed E-state index contributed by atoms with van der Waals surface area (Å²) in [5.41, 5.74) is 0.982. The van der Waals surface area contributed by atoms with Crippen LogP contribution in [0.1, 0.15) is 6.92 Å². The highest BCUT2D eigenvalue weighted by atomic mass is 19.1. The first kappa shape index (κ1) is 21.4. The Morgan fingerprint density at radius 2 is 1.84 bits per heavy atom. The maximum atomic E-state index is 13.3. The van der Waals surface area contributed by atoms with E-state index in [1.807, 2.05) is 4.90 Å². The van der Waals surface area contributed by atoms with Gasteiger partial charge in [-0.15, -0.1) is 0 Å². The molecular formula is C22H24FN7O2. The van der Waals surface area contributed by atoms with E-state index in [1.54, 1.807) is 65.4 Å². The highest BCUT2D eigenvalue weighted by Crippen LogP contribution is 2.18. The number of halogens is 1. The van der Waals surface area contributed by atoms with E-state index in [0.29, 0.717) is 43.4 Å². The van der Waals surface area contributed by atoms with Gasteiger partial charge in [0.2, 0.25) is 5.91 Å². The fraction of sp³-hybridized carbons (Fsp3) is 0.273. The number of aromatic nitrogens is 3. The first-order chi connectivity index (χ1) is 15.5. The largest absolute Gasteiger partial charge is 0.325 e. The number of hydrogen-bond acceptors (Lipinski definition) is 5. The molecule has 10 heteroatoms. The SMILES string of the molecule is C[C@H](C(=O)Nc1cccc(F)c1)N1CCN(C(=O)Nc2cccnc2-n2cccn2)CC1. The molecule has 1 aromatic carbocycles. The van der Waals surface area contributed by atoms with Crippen LogP contribution in [0.25, 0.3) is 5.82 Å². The van der Waals surface area contributed by atoms with Crippen molar-refractivity contribution in [2.45, 2.75) is 13.0 Å². The number of benzene rings is 1. The smallest absolute Gasteiger partial charge is 0.322 e. The van der Waals surface area contributed by atoms with E-state index in [4.69, 9.17) is 0 Å². The Morgan fingerprint density at radius 3 is 2.56 bits per heavy atom. The molecule has 3 amide bonds. The molecule has 1 saturated heterocycles. The molecule has 1 atom stereocenters. The summed E-state index contributed by atoms with van der Waals surface area (Å²) >= 11 is 0. The van der Waals surface area contributed by atoms with Gasteiger partial charge in [-0.2, -0.15) is 5.10 Å². The van der Waals surface area contributed by atoms with Crippen LogP contribution in [0.4, 0.5) is 20.6 Å². The van der Waals surface area contributed by atoms with Crippen LogP contribution in [0, 0.1) is 5.82 Å². The molecule has 0 radical (unpaired) electrons. The molecule has 32 heavy (non-hydrogen) atoms. The lowest BCUT2D eigenvalue weighted by Crippen LogP contribution is -2.54. The number of nitrogens with one attached hydrogen (secondary N) is 2. The summed E-state index contributed by atoms with van der Waals surface area (Å²) in [6, 6.07) is 10.5. The lowest BCUT2D eigenvalue weighted by Gasteiger charge is -2.37. The van der Waals surface area contributed by atoms with Crippen molar-refractivity contribution in [1.82, 2.24) is 24.6 Å². The van der Waals surface area contributed by atoms with Gasteiger partial charge in [-0.1, -0.05) is 6.07 Å². The molecule has 1 aliphatic rings. The Bertz CT molecular complexity index is 1080. The molecule has 0 unspecified atom stereocenters. The first-order valence-electron chi connectivity index (χ1n) is 10.3. The summed E-state index contributed by atoms with van der Waals surface area (Å²) < 4.78 is 14.9. The standard InChI is InChI=1S/C22H24FN7O2/c1-16(21(31)26-18-6-2-5-17(23)15-18)28-11-13-29(14-12-28)22(32)27-19-7-3-8-24-20(19)30-10-4-9-25-30/h2-10,15-16H,11-14H2,1H3,(H,26,31)(H,27,32)/t16-/m1/s1. The van der Waals surface area contributed by atoms with E-state index < -0.39 is 11.9 Å². The molecule has 0 bridgehead atoms. The Balaban J connectivity index is 1.32. The average Bonchev–Trinajstić information content (AvgIpc) is 3.34. The van der Waals surface area contributed by atoms with Crippen molar-refractivity contribution < 1.29 is 14.0 Å². The molecule has 0 spiro atoms. The number of nitrogens with zero attached hydrogens (tertiary/aromatic N) is 5. The third-order valence-corrected chi connectivity index (χ3v) is 5.37. The summed E-state index contributed by atoms with van der Waals surface area (Å²) in [6.45, 7) is 3.84. The van der Waals surface area contributed by atoms with Crippen LogP contribution in [0.15, 0.2) is 61.1 Å². The Kier molecular flexibility index (Phi) is 6.41. The summed E-state index contributed by atoms with van der Waals surface area (Å²) in [5, 5.41) is 9.81. The van der Waals surface area contributed by atoms with Gasteiger partial charge in [0, 0.05) is 50.5 Å². The topological polar surface area (TPSA) is 95.4 Å². The normalized spacial score (nSPS) is 15.2. The maximum absolute atomic E-state index is 13.3. The molecule has 4 rings (SSSR count). The molecule has 0 aliphatic carbocycles. The zero-order valence-corrected chi connectivity index (χ0v) is 17.6. The predicted octanol–water partition coefficient (Wildman–Crippen LogP) is 2.58. The molecule has 1 fully saturated rings. The van der Waals surface area contributed by atoms with Gasteiger partial charge >= 0.3 is 6.03 Å². The van der Waals surface area contributed by atoms with Gasteiger partial charge in [0.1, 0.15) is 5.82 Å². The Morgan fingerprint density at radius 1 is 1.03 bits per heavy atom. The van der Waals surface area contributed by atoms with E-state index in [0.717, 1.165) is 0 Å².